The van der Waals surface area contributed by atoms with Crippen LogP contribution in [-0.2, 0) is 22.6 Å². The number of carbonyl (C=O) groups is 2. The summed E-state index contributed by atoms with van der Waals surface area (Å²) in [5, 5.41) is 29.5. The number of aliphatic hydroxyl groups is 1. The molecule has 0 aliphatic carbocycles. The zero-order valence-corrected chi connectivity index (χ0v) is 16.0. The fourth-order valence-electron chi connectivity index (χ4n) is 3.03. The topological polar surface area (TPSA) is 127 Å². The number of ether oxygens (including phenoxy) is 1. The third-order valence-corrected chi connectivity index (χ3v) is 4.57. The third kappa shape index (κ3) is 4.83. The average Bonchev–Trinajstić information content (AvgIpc) is 3.06. The maximum absolute atomic E-state index is 13.0. The molecule has 1 heterocycles. The van der Waals surface area contributed by atoms with Gasteiger partial charge in [0.25, 0.3) is 5.91 Å². The standard InChI is InChI=1S/C22H20N4O4/c23-12-17-19(27)13-26(20(17)24)21(28)18(11-15-7-3-1-4-8-15)25-22(29)30-14-16-9-5-2-6-10-16/h1-10,18,24,27H,11,13-14H2,(H,25,29)/t18-/m0/s1. The van der Waals surface area contributed by atoms with Crippen molar-refractivity contribution in [3.63, 3.8) is 0 Å². The van der Waals surface area contributed by atoms with Crippen LogP contribution in [0.1, 0.15) is 11.1 Å². The summed E-state index contributed by atoms with van der Waals surface area (Å²) < 4.78 is 5.21. The summed E-state index contributed by atoms with van der Waals surface area (Å²) in [7, 11) is 0. The molecular formula is C22H20N4O4. The van der Waals surface area contributed by atoms with Crippen molar-refractivity contribution >= 4 is 17.8 Å². The van der Waals surface area contributed by atoms with E-state index in [0.29, 0.717) is 0 Å². The highest BCUT2D eigenvalue weighted by atomic mass is 16.5. The van der Waals surface area contributed by atoms with Crippen LogP contribution in [0.2, 0.25) is 0 Å². The minimum absolute atomic E-state index is 0.0411. The molecule has 152 valence electrons. The lowest BCUT2D eigenvalue weighted by molar-refractivity contribution is -0.129. The van der Waals surface area contributed by atoms with Gasteiger partial charge in [0.2, 0.25) is 0 Å². The monoisotopic (exact) mass is 404 g/mol. The van der Waals surface area contributed by atoms with Gasteiger partial charge >= 0.3 is 6.09 Å². The van der Waals surface area contributed by atoms with Crippen LogP contribution in [0.4, 0.5) is 4.79 Å². The van der Waals surface area contributed by atoms with E-state index in [4.69, 9.17) is 15.4 Å². The highest BCUT2D eigenvalue weighted by Gasteiger charge is 2.36. The minimum Gasteiger partial charge on any atom is -0.509 e. The SMILES string of the molecule is N#CC1=C(O)CN(C(=O)[C@H](Cc2ccccc2)NC(=O)OCc2ccccc2)C1=N. The molecule has 0 saturated heterocycles. The van der Waals surface area contributed by atoms with Crippen LogP contribution in [0, 0.1) is 16.7 Å². The lowest BCUT2D eigenvalue weighted by atomic mass is 10.0. The van der Waals surface area contributed by atoms with E-state index in [2.05, 4.69) is 5.32 Å². The van der Waals surface area contributed by atoms with Crippen LogP contribution in [-0.4, -0.2) is 40.4 Å². The van der Waals surface area contributed by atoms with Crippen molar-refractivity contribution in [3.05, 3.63) is 83.1 Å². The van der Waals surface area contributed by atoms with Gasteiger partial charge in [-0.1, -0.05) is 60.7 Å². The largest absolute Gasteiger partial charge is 0.509 e. The van der Waals surface area contributed by atoms with E-state index < -0.39 is 23.9 Å². The van der Waals surface area contributed by atoms with E-state index in [1.807, 2.05) is 60.7 Å². The Bertz CT molecular complexity index is 1010. The minimum atomic E-state index is -1.04. The molecule has 1 atom stereocenters. The first-order valence-electron chi connectivity index (χ1n) is 9.23. The fourth-order valence-corrected chi connectivity index (χ4v) is 3.03. The summed E-state index contributed by atoms with van der Waals surface area (Å²) >= 11 is 0. The van der Waals surface area contributed by atoms with Gasteiger partial charge in [-0.3, -0.25) is 15.1 Å². The molecule has 0 radical (unpaired) electrons. The molecule has 2 amide bonds. The molecule has 0 unspecified atom stereocenters. The Morgan fingerprint density at radius 2 is 1.73 bits per heavy atom. The highest BCUT2D eigenvalue weighted by Crippen LogP contribution is 2.19. The number of aliphatic hydroxyl groups excluding tert-OH is 1. The van der Waals surface area contributed by atoms with E-state index >= 15 is 0 Å². The number of hydrogen-bond acceptors (Lipinski definition) is 6. The van der Waals surface area contributed by atoms with E-state index in [-0.39, 0.29) is 30.9 Å². The third-order valence-electron chi connectivity index (χ3n) is 4.57. The smallest absolute Gasteiger partial charge is 0.408 e. The first kappa shape index (κ1) is 20.6. The maximum atomic E-state index is 13.0. The Kier molecular flexibility index (Phi) is 6.45. The van der Waals surface area contributed by atoms with Crippen LogP contribution in [0.25, 0.3) is 0 Å². The van der Waals surface area contributed by atoms with Gasteiger partial charge in [-0.2, -0.15) is 5.26 Å². The van der Waals surface area contributed by atoms with Crippen molar-refractivity contribution in [1.82, 2.24) is 10.2 Å². The van der Waals surface area contributed by atoms with Crippen molar-refractivity contribution in [2.45, 2.75) is 19.1 Å². The molecule has 1 aliphatic heterocycles. The Hall–Kier alpha value is -4.12. The van der Waals surface area contributed by atoms with Gasteiger partial charge in [0, 0.05) is 6.42 Å². The predicted octanol–water partition coefficient (Wildman–Crippen LogP) is 2.68. The number of rotatable bonds is 6. The molecule has 30 heavy (non-hydrogen) atoms. The second-order valence-electron chi connectivity index (χ2n) is 6.65. The zero-order chi connectivity index (χ0) is 21.5. The van der Waals surface area contributed by atoms with Gasteiger partial charge < -0.3 is 15.2 Å². The summed E-state index contributed by atoms with van der Waals surface area (Å²) in [6.07, 6.45) is -0.622. The van der Waals surface area contributed by atoms with Crippen molar-refractivity contribution in [1.29, 1.82) is 10.7 Å². The van der Waals surface area contributed by atoms with Crippen LogP contribution < -0.4 is 5.32 Å². The molecule has 8 nitrogen and oxygen atoms in total. The summed E-state index contributed by atoms with van der Waals surface area (Å²) in [5.74, 6) is -1.35. The van der Waals surface area contributed by atoms with Crippen molar-refractivity contribution < 1.29 is 19.4 Å². The molecule has 0 spiro atoms. The molecule has 0 aromatic heterocycles. The summed E-state index contributed by atoms with van der Waals surface area (Å²) in [4.78, 5) is 26.3. The Morgan fingerprint density at radius 3 is 2.30 bits per heavy atom. The number of amides is 2. The number of nitrogens with zero attached hydrogens (tertiary/aromatic N) is 2. The van der Waals surface area contributed by atoms with E-state index in [9.17, 15) is 14.7 Å². The molecule has 3 rings (SSSR count). The Balaban J connectivity index is 1.72. The number of alkyl carbamates (subject to hydrolysis) is 1. The average molecular weight is 404 g/mol. The van der Waals surface area contributed by atoms with Crippen molar-refractivity contribution in [3.8, 4) is 6.07 Å². The summed E-state index contributed by atoms with van der Waals surface area (Å²) in [5.41, 5.74) is 1.34. The van der Waals surface area contributed by atoms with Crippen LogP contribution in [0.5, 0.6) is 0 Å². The van der Waals surface area contributed by atoms with Crippen LogP contribution >= 0.6 is 0 Å². The number of nitriles is 1. The van der Waals surface area contributed by atoms with E-state index in [1.54, 1.807) is 6.07 Å². The normalized spacial score (nSPS) is 14.2. The van der Waals surface area contributed by atoms with Crippen molar-refractivity contribution in [2.24, 2.45) is 0 Å². The van der Waals surface area contributed by atoms with Gasteiger partial charge in [0.15, 0.2) is 0 Å². The van der Waals surface area contributed by atoms with Gasteiger partial charge in [0.05, 0.1) is 6.54 Å². The van der Waals surface area contributed by atoms with E-state index in [0.717, 1.165) is 16.0 Å². The zero-order valence-electron chi connectivity index (χ0n) is 16.0. The first-order chi connectivity index (χ1) is 14.5. The van der Waals surface area contributed by atoms with Crippen molar-refractivity contribution in [2.75, 3.05) is 6.54 Å². The summed E-state index contributed by atoms with van der Waals surface area (Å²) in [6.45, 7) is -0.244. The number of nitrogens with one attached hydrogen (secondary N) is 2. The van der Waals surface area contributed by atoms with Gasteiger partial charge in [-0.15, -0.1) is 0 Å². The lowest BCUT2D eigenvalue weighted by Gasteiger charge is -2.24. The molecule has 2 aromatic rings. The molecule has 3 N–H and O–H groups in total. The number of carbonyl (C=O) groups excluding carboxylic acids is 2. The second-order valence-corrected chi connectivity index (χ2v) is 6.65. The molecule has 0 fully saturated rings. The lowest BCUT2D eigenvalue weighted by Crippen LogP contribution is -2.50. The molecular weight excluding hydrogens is 384 g/mol. The van der Waals surface area contributed by atoms with Crippen LogP contribution in [0.3, 0.4) is 0 Å². The van der Waals surface area contributed by atoms with Crippen LogP contribution in [0.15, 0.2) is 72.0 Å². The summed E-state index contributed by atoms with van der Waals surface area (Å²) in [6, 6.07) is 18.9. The molecule has 8 heteroatoms. The van der Waals surface area contributed by atoms with Gasteiger partial charge in [0.1, 0.15) is 35.9 Å². The molecule has 1 aliphatic rings. The molecule has 0 saturated carbocycles. The van der Waals surface area contributed by atoms with E-state index in [1.165, 1.54) is 0 Å². The Morgan fingerprint density at radius 1 is 1.13 bits per heavy atom. The quantitative estimate of drug-likeness (QED) is 0.682. The Labute approximate surface area is 173 Å². The first-order valence-corrected chi connectivity index (χ1v) is 9.23. The second kappa shape index (κ2) is 9.39. The molecule has 2 aromatic carbocycles. The highest BCUT2D eigenvalue weighted by molar-refractivity contribution is 6.12. The van der Waals surface area contributed by atoms with Gasteiger partial charge in [-0.25, -0.2) is 4.79 Å². The molecule has 0 bridgehead atoms. The number of amidine groups is 1. The van der Waals surface area contributed by atoms with Gasteiger partial charge in [-0.05, 0) is 11.1 Å². The number of benzene rings is 2. The maximum Gasteiger partial charge on any atom is 0.408 e. The number of hydrogen-bond donors (Lipinski definition) is 3. The fraction of sp³-hybridized carbons (Fsp3) is 0.182. The predicted molar refractivity (Wildman–Crippen MR) is 108 cm³/mol.